The molecule has 6 nitrogen and oxygen atoms in total. The van der Waals surface area contributed by atoms with E-state index in [0.29, 0.717) is 23.4 Å². The molecular formula is C29H46N2O4S. The fourth-order valence-electron chi connectivity index (χ4n) is 8.28. The van der Waals surface area contributed by atoms with E-state index in [-0.39, 0.29) is 16.9 Å². The maximum atomic E-state index is 11.4. The lowest BCUT2D eigenvalue weighted by molar-refractivity contribution is -0.0812. The second-order valence-corrected chi connectivity index (χ2v) is 13.4. The summed E-state index contributed by atoms with van der Waals surface area (Å²) < 4.78 is 34.3. The van der Waals surface area contributed by atoms with Gasteiger partial charge in [-0.3, -0.25) is 9.27 Å². The standard InChI is InChI=1S/C29H46N2O4S/c1-5-29-17-16-21-19-23(30-36(33,34)35)12-13-24(21)27(29)22(11-9-7-6-8-10-18-31(3)4)20-28(2)25(29)14-15-26(28)32/h5,12-13,19,22,25-27,30,32H,1,6-11,14-18,20H2,2-4H3,(H,33,34,35)/t22-,25+,26-,27+,28-,29-/m0/s1. The molecule has 0 heterocycles. The number of aryl methyl sites for hydroxylation is 1. The molecule has 1 aromatic carbocycles. The molecule has 0 saturated heterocycles. The molecule has 1 aromatic rings. The number of aliphatic hydroxyl groups is 1. The van der Waals surface area contributed by atoms with Gasteiger partial charge in [0.1, 0.15) is 0 Å². The molecule has 0 radical (unpaired) electrons. The van der Waals surface area contributed by atoms with Crippen molar-refractivity contribution in [2.24, 2.45) is 22.7 Å². The number of hydrogen-bond acceptors (Lipinski definition) is 4. The van der Waals surface area contributed by atoms with Crippen molar-refractivity contribution in [1.82, 2.24) is 4.90 Å². The smallest absolute Gasteiger partial charge is 0.357 e. The third-order valence-electron chi connectivity index (χ3n) is 9.80. The fraction of sp³-hybridized carbons (Fsp3) is 0.724. The number of nitrogens with zero attached hydrogens (tertiary/aromatic N) is 1. The van der Waals surface area contributed by atoms with E-state index in [1.54, 1.807) is 6.07 Å². The number of unbranched alkanes of at least 4 members (excludes halogenated alkanes) is 4. The molecule has 0 bridgehead atoms. The average molecular weight is 519 g/mol. The first-order chi connectivity index (χ1) is 17.0. The number of fused-ring (bicyclic) bond motifs is 5. The number of anilines is 1. The second-order valence-electron chi connectivity index (χ2n) is 12.3. The van der Waals surface area contributed by atoms with Gasteiger partial charge in [-0.25, -0.2) is 0 Å². The van der Waals surface area contributed by atoms with Gasteiger partial charge < -0.3 is 10.0 Å². The third-order valence-corrected chi connectivity index (χ3v) is 10.3. The first kappa shape index (κ1) is 27.6. The van der Waals surface area contributed by atoms with Crippen LogP contribution in [0.15, 0.2) is 30.9 Å². The minimum absolute atomic E-state index is 0.0497. The highest BCUT2D eigenvalue weighted by atomic mass is 32.2. The van der Waals surface area contributed by atoms with E-state index in [2.05, 4.69) is 49.4 Å². The Morgan fingerprint density at radius 3 is 2.58 bits per heavy atom. The molecule has 6 atom stereocenters. The number of rotatable bonds is 11. The van der Waals surface area contributed by atoms with Crippen LogP contribution < -0.4 is 4.72 Å². The summed E-state index contributed by atoms with van der Waals surface area (Å²) in [5.74, 6) is 1.20. The second kappa shape index (κ2) is 10.8. The van der Waals surface area contributed by atoms with Gasteiger partial charge in [-0.05, 0) is 117 Å². The van der Waals surface area contributed by atoms with Crippen LogP contribution in [-0.4, -0.2) is 49.7 Å². The molecule has 202 valence electrons. The van der Waals surface area contributed by atoms with Crippen LogP contribution >= 0.6 is 0 Å². The molecule has 3 N–H and O–H groups in total. The maximum absolute atomic E-state index is 11.4. The van der Waals surface area contributed by atoms with Crippen molar-refractivity contribution in [3.05, 3.63) is 42.0 Å². The summed E-state index contributed by atoms with van der Waals surface area (Å²) in [5, 5.41) is 11.1. The Kier molecular flexibility index (Phi) is 8.25. The van der Waals surface area contributed by atoms with Gasteiger partial charge >= 0.3 is 10.3 Å². The summed E-state index contributed by atoms with van der Waals surface area (Å²) in [6.07, 6.45) is 14.1. The summed E-state index contributed by atoms with van der Waals surface area (Å²) in [6.45, 7) is 7.85. The zero-order valence-corrected chi connectivity index (χ0v) is 23.2. The quantitative estimate of drug-likeness (QED) is 0.196. The van der Waals surface area contributed by atoms with Crippen LogP contribution in [0.2, 0.25) is 0 Å². The van der Waals surface area contributed by atoms with E-state index < -0.39 is 10.3 Å². The Morgan fingerprint density at radius 2 is 1.89 bits per heavy atom. The largest absolute Gasteiger partial charge is 0.393 e. The average Bonchev–Trinajstić information content (AvgIpc) is 3.11. The molecule has 0 unspecified atom stereocenters. The molecular weight excluding hydrogens is 472 g/mol. The topological polar surface area (TPSA) is 89.9 Å². The Bertz CT molecular complexity index is 1040. The number of nitrogens with one attached hydrogen (secondary N) is 1. The summed E-state index contributed by atoms with van der Waals surface area (Å²) in [7, 11) is -0.0459. The van der Waals surface area contributed by atoms with E-state index in [9.17, 15) is 18.1 Å². The van der Waals surface area contributed by atoms with Gasteiger partial charge in [-0.15, -0.1) is 6.58 Å². The van der Waals surface area contributed by atoms with Crippen LogP contribution in [0.3, 0.4) is 0 Å². The van der Waals surface area contributed by atoms with Crippen LogP contribution in [0.1, 0.15) is 88.2 Å². The van der Waals surface area contributed by atoms with Gasteiger partial charge in [-0.2, -0.15) is 8.42 Å². The van der Waals surface area contributed by atoms with Gasteiger partial charge in [-0.1, -0.05) is 44.7 Å². The molecule has 2 fully saturated rings. The highest BCUT2D eigenvalue weighted by Crippen LogP contribution is 2.69. The van der Waals surface area contributed by atoms with Crippen LogP contribution in [0.4, 0.5) is 5.69 Å². The van der Waals surface area contributed by atoms with Crippen LogP contribution in [-0.2, 0) is 16.7 Å². The first-order valence-electron chi connectivity index (χ1n) is 13.8. The predicted octanol–water partition coefficient (Wildman–Crippen LogP) is 5.80. The number of allylic oxidation sites excluding steroid dienone is 1. The van der Waals surface area contributed by atoms with Crippen molar-refractivity contribution in [3.8, 4) is 0 Å². The first-order valence-corrected chi connectivity index (χ1v) is 15.3. The van der Waals surface area contributed by atoms with E-state index in [1.165, 1.54) is 43.2 Å². The summed E-state index contributed by atoms with van der Waals surface area (Å²) in [5.41, 5.74) is 2.76. The van der Waals surface area contributed by atoms with Gasteiger partial charge in [0, 0.05) is 0 Å². The zero-order chi connectivity index (χ0) is 26.1. The lowest BCUT2D eigenvalue weighted by Crippen LogP contribution is -2.54. The predicted molar refractivity (Wildman–Crippen MR) is 147 cm³/mol. The normalized spacial score (nSPS) is 33.6. The minimum atomic E-state index is -4.30. The minimum Gasteiger partial charge on any atom is -0.393 e. The van der Waals surface area contributed by atoms with Crippen molar-refractivity contribution in [3.63, 3.8) is 0 Å². The number of benzene rings is 1. The lowest BCUT2D eigenvalue weighted by atomic mass is 9.44. The molecule has 0 spiro atoms. The van der Waals surface area contributed by atoms with Crippen LogP contribution in [0, 0.1) is 22.7 Å². The monoisotopic (exact) mass is 518 g/mol. The Hall–Kier alpha value is -1.41. The highest BCUT2D eigenvalue weighted by molar-refractivity contribution is 7.87. The van der Waals surface area contributed by atoms with Crippen molar-refractivity contribution < 1.29 is 18.1 Å². The van der Waals surface area contributed by atoms with Crippen LogP contribution in [0.25, 0.3) is 0 Å². The van der Waals surface area contributed by atoms with E-state index in [1.807, 2.05) is 6.07 Å². The Morgan fingerprint density at radius 1 is 1.17 bits per heavy atom. The molecule has 7 heteroatoms. The molecule has 36 heavy (non-hydrogen) atoms. The molecule has 4 rings (SSSR count). The molecule has 0 aromatic heterocycles. The summed E-state index contributed by atoms with van der Waals surface area (Å²) in [6, 6.07) is 5.76. The van der Waals surface area contributed by atoms with Crippen molar-refractivity contribution in [2.75, 3.05) is 25.4 Å². The van der Waals surface area contributed by atoms with Crippen LogP contribution in [0.5, 0.6) is 0 Å². The SMILES string of the molecule is C=C[C@@]12CCc3cc(NS(=O)(=O)O)ccc3[C@H]1[C@@H](CCCCCCCN(C)C)C[C@@]1(C)[C@H]2CC[C@@H]1O. The Labute approximate surface area is 218 Å². The summed E-state index contributed by atoms with van der Waals surface area (Å²) in [4.78, 5) is 2.25. The van der Waals surface area contributed by atoms with E-state index in [0.717, 1.165) is 45.1 Å². The highest BCUT2D eigenvalue weighted by Gasteiger charge is 2.63. The molecule has 0 aliphatic heterocycles. The van der Waals surface area contributed by atoms with E-state index >= 15 is 0 Å². The molecule has 0 amide bonds. The van der Waals surface area contributed by atoms with Crippen molar-refractivity contribution in [1.29, 1.82) is 0 Å². The van der Waals surface area contributed by atoms with Crippen molar-refractivity contribution in [2.45, 2.75) is 89.6 Å². The summed E-state index contributed by atoms with van der Waals surface area (Å²) >= 11 is 0. The van der Waals surface area contributed by atoms with Gasteiger partial charge in [0.2, 0.25) is 0 Å². The molecule has 3 aliphatic carbocycles. The van der Waals surface area contributed by atoms with Crippen molar-refractivity contribution >= 4 is 16.0 Å². The van der Waals surface area contributed by atoms with Gasteiger partial charge in [0.15, 0.2) is 0 Å². The fourth-order valence-corrected chi connectivity index (χ4v) is 8.71. The third kappa shape index (κ3) is 5.40. The van der Waals surface area contributed by atoms with E-state index in [4.69, 9.17) is 0 Å². The number of hydrogen-bond donors (Lipinski definition) is 3. The van der Waals surface area contributed by atoms with Gasteiger partial charge in [0.05, 0.1) is 11.8 Å². The lowest BCUT2D eigenvalue weighted by Gasteiger charge is -2.60. The maximum Gasteiger partial charge on any atom is 0.357 e. The molecule has 3 aliphatic rings. The molecule has 2 saturated carbocycles. The van der Waals surface area contributed by atoms with Gasteiger partial charge in [0.25, 0.3) is 0 Å². The number of aliphatic hydroxyl groups excluding tert-OH is 1. The Balaban J connectivity index is 1.59. The zero-order valence-electron chi connectivity index (χ0n) is 22.4.